The Kier molecular flexibility index (Phi) is 2.78. The molecule has 1 N–H and O–H groups in total. The van der Waals surface area contributed by atoms with Gasteiger partial charge in [0.2, 0.25) is 11.7 Å². The second-order valence-electron chi connectivity index (χ2n) is 4.91. The van der Waals surface area contributed by atoms with Crippen molar-refractivity contribution in [3.05, 3.63) is 72.2 Å². The third-order valence-corrected chi connectivity index (χ3v) is 3.52. The van der Waals surface area contributed by atoms with Crippen LogP contribution in [-0.2, 0) is 6.42 Å². The highest BCUT2D eigenvalue weighted by molar-refractivity contribution is 5.83. The first-order valence-corrected chi connectivity index (χ1v) is 6.83. The van der Waals surface area contributed by atoms with Crippen molar-refractivity contribution in [3.63, 3.8) is 0 Å². The van der Waals surface area contributed by atoms with Crippen LogP contribution in [0.2, 0.25) is 0 Å². The Morgan fingerprint density at radius 1 is 0.952 bits per heavy atom. The maximum Gasteiger partial charge on any atom is 0.231 e. The lowest BCUT2D eigenvalue weighted by Gasteiger charge is -1.94. The van der Waals surface area contributed by atoms with Gasteiger partial charge in [0, 0.05) is 22.7 Å². The maximum atomic E-state index is 5.37. The van der Waals surface area contributed by atoms with Gasteiger partial charge in [-0.25, -0.2) is 0 Å². The summed E-state index contributed by atoms with van der Waals surface area (Å²) in [6.07, 6.45) is 2.63. The van der Waals surface area contributed by atoms with Crippen LogP contribution in [0, 0.1) is 0 Å². The quantitative estimate of drug-likeness (QED) is 0.618. The second-order valence-corrected chi connectivity index (χ2v) is 4.91. The van der Waals surface area contributed by atoms with E-state index in [1.807, 2.05) is 48.7 Å². The Bertz CT molecular complexity index is 877. The summed E-state index contributed by atoms with van der Waals surface area (Å²) in [7, 11) is 0. The maximum absolute atomic E-state index is 5.37. The number of H-pyrrole nitrogens is 1. The number of para-hydroxylation sites is 1. The Balaban J connectivity index is 1.65. The molecule has 0 aliphatic carbocycles. The number of nitrogens with zero attached hydrogens (tertiary/aromatic N) is 2. The van der Waals surface area contributed by atoms with Crippen LogP contribution in [0.1, 0.15) is 11.5 Å². The van der Waals surface area contributed by atoms with Gasteiger partial charge in [0.15, 0.2) is 0 Å². The molecule has 102 valence electrons. The van der Waals surface area contributed by atoms with Crippen molar-refractivity contribution in [1.29, 1.82) is 0 Å². The van der Waals surface area contributed by atoms with Crippen molar-refractivity contribution >= 4 is 10.9 Å². The molecule has 0 saturated carbocycles. The van der Waals surface area contributed by atoms with Crippen LogP contribution < -0.4 is 0 Å². The summed E-state index contributed by atoms with van der Waals surface area (Å²) in [4.78, 5) is 7.73. The van der Waals surface area contributed by atoms with Gasteiger partial charge in [0.05, 0.1) is 6.42 Å². The Hall–Kier alpha value is -2.88. The van der Waals surface area contributed by atoms with E-state index in [1.165, 1.54) is 5.39 Å². The van der Waals surface area contributed by atoms with E-state index in [0.29, 0.717) is 18.1 Å². The zero-order valence-electron chi connectivity index (χ0n) is 11.3. The number of aromatic amines is 1. The highest BCUT2D eigenvalue weighted by atomic mass is 16.5. The molecular formula is C17H13N3O. The van der Waals surface area contributed by atoms with Gasteiger partial charge in [0.25, 0.3) is 0 Å². The zero-order valence-corrected chi connectivity index (χ0v) is 11.3. The largest absolute Gasteiger partial charge is 0.361 e. The fourth-order valence-electron chi connectivity index (χ4n) is 2.47. The van der Waals surface area contributed by atoms with E-state index in [1.54, 1.807) is 0 Å². The van der Waals surface area contributed by atoms with E-state index in [2.05, 4.69) is 27.3 Å². The molecule has 0 spiro atoms. The Labute approximate surface area is 121 Å². The number of fused-ring (bicyclic) bond motifs is 1. The van der Waals surface area contributed by atoms with Gasteiger partial charge >= 0.3 is 0 Å². The standard InChI is InChI=1S/C17H13N3O/c1-2-6-12(7-3-1)17-19-16(21-20-17)10-13-11-18-15-9-5-4-8-14(13)15/h1-9,11,18H,10H2. The van der Waals surface area contributed by atoms with Gasteiger partial charge in [0.1, 0.15) is 0 Å². The lowest BCUT2D eigenvalue weighted by atomic mass is 10.1. The number of hydrogen-bond acceptors (Lipinski definition) is 3. The molecule has 0 saturated heterocycles. The van der Waals surface area contributed by atoms with E-state index >= 15 is 0 Å². The van der Waals surface area contributed by atoms with E-state index in [0.717, 1.165) is 16.6 Å². The van der Waals surface area contributed by atoms with Gasteiger partial charge < -0.3 is 9.51 Å². The molecule has 0 amide bonds. The summed E-state index contributed by atoms with van der Waals surface area (Å²) in [5.41, 5.74) is 3.25. The fraction of sp³-hybridized carbons (Fsp3) is 0.0588. The summed E-state index contributed by atoms with van der Waals surface area (Å²) < 4.78 is 5.37. The average Bonchev–Trinajstić information content (AvgIpc) is 3.17. The molecule has 0 atom stereocenters. The van der Waals surface area contributed by atoms with E-state index in [-0.39, 0.29) is 0 Å². The Morgan fingerprint density at radius 2 is 1.76 bits per heavy atom. The summed E-state index contributed by atoms with van der Waals surface area (Å²) in [6, 6.07) is 18.0. The minimum atomic E-state index is 0.624. The van der Waals surface area contributed by atoms with Crippen LogP contribution >= 0.6 is 0 Å². The molecule has 4 aromatic rings. The van der Waals surface area contributed by atoms with E-state index < -0.39 is 0 Å². The molecule has 0 bridgehead atoms. The molecule has 0 aliphatic rings. The molecule has 0 unspecified atom stereocenters. The molecule has 21 heavy (non-hydrogen) atoms. The van der Waals surface area contributed by atoms with Crippen molar-refractivity contribution in [2.45, 2.75) is 6.42 Å². The smallest absolute Gasteiger partial charge is 0.231 e. The highest BCUT2D eigenvalue weighted by Crippen LogP contribution is 2.21. The molecule has 4 rings (SSSR count). The molecule has 4 nitrogen and oxygen atoms in total. The molecule has 2 aromatic carbocycles. The Morgan fingerprint density at radius 3 is 2.67 bits per heavy atom. The second kappa shape index (κ2) is 4.90. The fourth-order valence-corrected chi connectivity index (χ4v) is 2.47. The summed E-state index contributed by atoms with van der Waals surface area (Å²) >= 11 is 0. The minimum Gasteiger partial charge on any atom is -0.361 e. The molecule has 2 aromatic heterocycles. The lowest BCUT2D eigenvalue weighted by Crippen LogP contribution is -1.87. The first-order valence-electron chi connectivity index (χ1n) is 6.83. The third-order valence-electron chi connectivity index (χ3n) is 3.52. The van der Waals surface area contributed by atoms with Crippen molar-refractivity contribution in [2.75, 3.05) is 0 Å². The predicted octanol–water partition coefficient (Wildman–Crippen LogP) is 3.81. The molecule has 0 fully saturated rings. The van der Waals surface area contributed by atoms with Crippen LogP contribution in [0.4, 0.5) is 0 Å². The molecule has 0 aliphatic heterocycles. The van der Waals surface area contributed by atoms with Gasteiger partial charge in [-0.2, -0.15) is 4.98 Å². The number of aromatic nitrogens is 3. The first-order chi connectivity index (χ1) is 10.4. The lowest BCUT2D eigenvalue weighted by molar-refractivity contribution is 0.386. The first kappa shape index (κ1) is 11.9. The summed E-state index contributed by atoms with van der Waals surface area (Å²) in [5.74, 6) is 1.25. The van der Waals surface area contributed by atoms with Gasteiger partial charge in [-0.1, -0.05) is 53.7 Å². The monoisotopic (exact) mass is 275 g/mol. The summed E-state index contributed by atoms with van der Waals surface area (Å²) in [5, 5.41) is 5.24. The number of hydrogen-bond donors (Lipinski definition) is 1. The number of nitrogens with one attached hydrogen (secondary N) is 1. The van der Waals surface area contributed by atoms with Crippen molar-refractivity contribution in [1.82, 2.24) is 15.1 Å². The van der Waals surface area contributed by atoms with Crippen molar-refractivity contribution in [3.8, 4) is 11.4 Å². The third kappa shape index (κ3) is 2.21. The van der Waals surface area contributed by atoms with Crippen LogP contribution in [0.3, 0.4) is 0 Å². The SMILES string of the molecule is c1ccc(-c2noc(Cc3c[nH]c4ccccc34)n2)cc1. The van der Waals surface area contributed by atoms with E-state index in [9.17, 15) is 0 Å². The van der Waals surface area contributed by atoms with Crippen LogP contribution in [0.25, 0.3) is 22.3 Å². The predicted molar refractivity (Wildman–Crippen MR) is 80.8 cm³/mol. The van der Waals surface area contributed by atoms with Crippen LogP contribution in [0.15, 0.2) is 65.3 Å². The topological polar surface area (TPSA) is 54.7 Å². The molecule has 0 radical (unpaired) electrons. The van der Waals surface area contributed by atoms with Gasteiger partial charge in [-0.05, 0) is 11.6 Å². The molecule has 4 heteroatoms. The van der Waals surface area contributed by atoms with Crippen molar-refractivity contribution < 1.29 is 4.52 Å². The van der Waals surface area contributed by atoms with Gasteiger partial charge in [-0.15, -0.1) is 0 Å². The van der Waals surface area contributed by atoms with E-state index in [4.69, 9.17) is 4.52 Å². The minimum absolute atomic E-state index is 0.624. The average molecular weight is 275 g/mol. The summed E-state index contributed by atoms with van der Waals surface area (Å²) in [6.45, 7) is 0. The highest BCUT2D eigenvalue weighted by Gasteiger charge is 2.11. The normalized spacial score (nSPS) is 11.0. The van der Waals surface area contributed by atoms with Gasteiger partial charge in [-0.3, -0.25) is 0 Å². The zero-order chi connectivity index (χ0) is 14.1. The van der Waals surface area contributed by atoms with Crippen LogP contribution in [0.5, 0.6) is 0 Å². The molecule has 2 heterocycles. The van der Waals surface area contributed by atoms with Crippen molar-refractivity contribution in [2.24, 2.45) is 0 Å². The van der Waals surface area contributed by atoms with Crippen LogP contribution in [-0.4, -0.2) is 15.1 Å². The number of benzene rings is 2. The molecular weight excluding hydrogens is 262 g/mol. The number of rotatable bonds is 3.